The van der Waals surface area contributed by atoms with E-state index in [1.807, 2.05) is 11.3 Å². The van der Waals surface area contributed by atoms with Gasteiger partial charge < -0.3 is 4.90 Å². The average molecular weight is 542 g/mol. The van der Waals surface area contributed by atoms with Gasteiger partial charge in [0.15, 0.2) is 0 Å². The van der Waals surface area contributed by atoms with Crippen molar-refractivity contribution in [3.8, 4) is 11.1 Å². The van der Waals surface area contributed by atoms with Gasteiger partial charge in [-0.05, 0) is 82.1 Å². The molecule has 194 valence electrons. The molecular weight excluding hydrogens is 515 g/mol. The first-order valence-electron chi connectivity index (χ1n) is 14.0. The van der Waals surface area contributed by atoms with Crippen LogP contribution in [0.2, 0.25) is 0 Å². The van der Waals surface area contributed by atoms with E-state index in [4.69, 9.17) is 0 Å². The molecule has 8 aromatic rings. The van der Waals surface area contributed by atoms with Crippen molar-refractivity contribution in [1.82, 2.24) is 0 Å². The fourth-order valence-corrected chi connectivity index (χ4v) is 7.28. The lowest BCUT2D eigenvalue weighted by molar-refractivity contribution is 1.28. The Bertz CT molecular complexity index is 2240. The maximum Gasteiger partial charge on any atom is 0.0546 e. The minimum atomic E-state index is 1.16. The quantitative estimate of drug-likeness (QED) is 0.214. The molecule has 0 saturated carbocycles. The molecule has 0 aliphatic heterocycles. The van der Waals surface area contributed by atoms with Crippen LogP contribution < -0.4 is 4.90 Å². The smallest absolute Gasteiger partial charge is 0.0546 e. The van der Waals surface area contributed by atoms with Crippen molar-refractivity contribution in [2.75, 3.05) is 4.90 Å². The van der Waals surface area contributed by atoms with E-state index in [2.05, 4.69) is 157 Å². The van der Waals surface area contributed by atoms with Gasteiger partial charge in [-0.25, -0.2) is 0 Å². The second-order valence-corrected chi connectivity index (χ2v) is 11.8. The summed E-state index contributed by atoms with van der Waals surface area (Å²) in [6.07, 6.45) is 0. The van der Waals surface area contributed by atoms with Crippen molar-refractivity contribution in [2.45, 2.75) is 6.92 Å². The first-order valence-corrected chi connectivity index (χ1v) is 14.8. The Labute approximate surface area is 243 Å². The van der Waals surface area contributed by atoms with Gasteiger partial charge >= 0.3 is 0 Å². The molecule has 7 aromatic carbocycles. The number of aryl methyl sites for hydroxylation is 1. The second-order valence-electron chi connectivity index (χ2n) is 10.7. The Morgan fingerprint density at radius 3 is 2.05 bits per heavy atom. The lowest BCUT2D eigenvalue weighted by Crippen LogP contribution is -2.11. The van der Waals surface area contributed by atoms with Gasteiger partial charge in [0.25, 0.3) is 0 Å². The number of hydrogen-bond donors (Lipinski definition) is 0. The van der Waals surface area contributed by atoms with Crippen LogP contribution in [-0.4, -0.2) is 0 Å². The molecule has 0 aliphatic rings. The summed E-state index contributed by atoms with van der Waals surface area (Å²) in [6, 6.07) is 53.3. The normalized spacial score (nSPS) is 11.5. The van der Waals surface area contributed by atoms with Crippen LogP contribution in [0.25, 0.3) is 52.8 Å². The van der Waals surface area contributed by atoms with Crippen LogP contribution in [0.5, 0.6) is 0 Å². The Morgan fingerprint density at radius 2 is 1.17 bits per heavy atom. The van der Waals surface area contributed by atoms with Gasteiger partial charge in [-0.2, -0.15) is 0 Å². The topological polar surface area (TPSA) is 3.24 Å². The molecule has 0 spiro atoms. The molecular formula is C39H27NS. The summed E-state index contributed by atoms with van der Waals surface area (Å²) in [4.78, 5) is 2.44. The van der Waals surface area contributed by atoms with Crippen LogP contribution in [0, 0.1) is 6.92 Å². The highest BCUT2D eigenvalue weighted by Crippen LogP contribution is 2.46. The van der Waals surface area contributed by atoms with E-state index in [0.717, 1.165) is 11.4 Å². The number of hydrogen-bond acceptors (Lipinski definition) is 2. The standard InChI is InChI=1S/C39H27NS/c1-26-9-8-13-31(23-26)40(32-20-21-35-34-15-6-7-16-37(34)41-38(35)25-32)36-22-19-28-11-4-5-14-33(28)39(36)30-18-17-27-10-2-3-12-29(27)24-30/h2-25H,1H3. The van der Waals surface area contributed by atoms with Crippen molar-refractivity contribution in [1.29, 1.82) is 0 Å². The third-order valence-electron chi connectivity index (χ3n) is 8.07. The molecule has 0 saturated heterocycles. The van der Waals surface area contributed by atoms with Crippen molar-refractivity contribution in [2.24, 2.45) is 0 Å². The van der Waals surface area contributed by atoms with E-state index in [1.54, 1.807) is 0 Å². The van der Waals surface area contributed by atoms with Crippen molar-refractivity contribution in [3.05, 3.63) is 151 Å². The third kappa shape index (κ3) is 4.07. The van der Waals surface area contributed by atoms with Gasteiger partial charge in [0.1, 0.15) is 0 Å². The lowest BCUT2D eigenvalue weighted by atomic mass is 9.93. The summed E-state index contributed by atoms with van der Waals surface area (Å²) in [6.45, 7) is 2.17. The predicted octanol–water partition coefficient (Wildman–Crippen LogP) is 11.8. The Kier molecular flexibility index (Phi) is 5.61. The number of nitrogens with zero attached hydrogens (tertiary/aromatic N) is 1. The molecule has 8 rings (SSSR count). The Balaban J connectivity index is 1.43. The maximum atomic E-state index is 2.44. The van der Waals surface area contributed by atoms with E-state index >= 15 is 0 Å². The van der Waals surface area contributed by atoms with Gasteiger partial charge in [-0.1, -0.05) is 103 Å². The highest BCUT2D eigenvalue weighted by molar-refractivity contribution is 7.25. The van der Waals surface area contributed by atoms with Gasteiger partial charge in [0, 0.05) is 37.1 Å². The van der Waals surface area contributed by atoms with Crippen LogP contribution in [-0.2, 0) is 0 Å². The first kappa shape index (κ1) is 23.9. The van der Waals surface area contributed by atoms with Crippen molar-refractivity contribution < 1.29 is 0 Å². The highest BCUT2D eigenvalue weighted by atomic mass is 32.1. The summed E-state index contributed by atoms with van der Waals surface area (Å²) < 4.78 is 2.62. The van der Waals surface area contributed by atoms with Gasteiger partial charge in [0.2, 0.25) is 0 Å². The average Bonchev–Trinajstić information content (AvgIpc) is 3.39. The maximum absolute atomic E-state index is 2.44. The monoisotopic (exact) mass is 541 g/mol. The molecule has 1 aromatic heterocycles. The second kappa shape index (κ2) is 9.62. The number of thiophene rings is 1. The van der Waals surface area contributed by atoms with E-state index in [1.165, 1.54) is 64.1 Å². The highest BCUT2D eigenvalue weighted by Gasteiger charge is 2.20. The van der Waals surface area contributed by atoms with Crippen LogP contribution in [0.15, 0.2) is 146 Å². The van der Waals surface area contributed by atoms with Crippen LogP contribution in [0.3, 0.4) is 0 Å². The summed E-state index contributed by atoms with van der Waals surface area (Å²) >= 11 is 1.86. The van der Waals surface area contributed by atoms with Crippen molar-refractivity contribution >= 4 is 70.1 Å². The van der Waals surface area contributed by atoms with E-state index in [-0.39, 0.29) is 0 Å². The van der Waals surface area contributed by atoms with Gasteiger partial charge in [-0.3, -0.25) is 0 Å². The fraction of sp³-hybridized carbons (Fsp3) is 0.0256. The Morgan fingerprint density at radius 1 is 0.463 bits per heavy atom. The lowest BCUT2D eigenvalue weighted by Gasteiger charge is -2.29. The molecule has 0 radical (unpaired) electrons. The predicted molar refractivity (Wildman–Crippen MR) is 179 cm³/mol. The molecule has 2 heteroatoms. The first-order chi connectivity index (χ1) is 20.2. The minimum Gasteiger partial charge on any atom is -0.310 e. The molecule has 0 aliphatic carbocycles. The number of anilines is 3. The molecule has 0 bridgehead atoms. The molecule has 0 fully saturated rings. The summed E-state index contributed by atoms with van der Waals surface area (Å²) in [5, 5.41) is 7.63. The minimum absolute atomic E-state index is 1.16. The van der Waals surface area contributed by atoms with E-state index in [0.29, 0.717) is 0 Å². The largest absolute Gasteiger partial charge is 0.310 e. The molecule has 1 nitrogen and oxygen atoms in total. The molecule has 0 amide bonds. The summed E-state index contributed by atoms with van der Waals surface area (Å²) in [7, 11) is 0. The zero-order valence-electron chi connectivity index (χ0n) is 22.7. The van der Waals surface area contributed by atoms with Gasteiger partial charge in [-0.15, -0.1) is 11.3 Å². The number of benzene rings is 7. The molecule has 1 heterocycles. The summed E-state index contributed by atoms with van der Waals surface area (Å²) in [5.41, 5.74) is 7.19. The molecule has 0 atom stereocenters. The van der Waals surface area contributed by atoms with Crippen molar-refractivity contribution in [3.63, 3.8) is 0 Å². The fourth-order valence-electron chi connectivity index (χ4n) is 6.14. The molecule has 0 N–H and O–H groups in total. The summed E-state index contributed by atoms with van der Waals surface area (Å²) in [5.74, 6) is 0. The van der Waals surface area contributed by atoms with Crippen LogP contribution in [0.4, 0.5) is 17.1 Å². The molecule has 0 unspecified atom stereocenters. The van der Waals surface area contributed by atoms with Crippen LogP contribution >= 0.6 is 11.3 Å². The van der Waals surface area contributed by atoms with E-state index in [9.17, 15) is 0 Å². The number of fused-ring (bicyclic) bond motifs is 5. The Hall–Kier alpha value is -4.92. The van der Waals surface area contributed by atoms with Crippen LogP contribution in [0.1, 0.15) is 5.56 Å². The van der Waals surface area contributed by atoms with E-state index < -0.39 is 0 Å². The zero-order chi connectivity index (χ0) is 27.3. The van der Waals surface area contributed by atoms with Gasteiger partial charge in [0.05, 0.1) is 5.69 Å². The number of rotatable bonds is 4. The molecule has 41 heavy (non-hydrogen) atoms. The third-order valence-corrected chi connectivity index (χ3v) is 9.20. The SMILES string of the molecule is Cc1cccc(N(c2ccc3c(c2)sc2ccccc23)c2ccc3ccccc3c2-c2ccc3ccccc3c2)c1. The zero-order valence-corrected chi connectivity index (χ0v) is 23.5.